The number of carbonyl (C=O) groups excluding carboxylic acids is 4. The molecule has 0 aromatic heterocycles. The number of para-hydroxylation sites is 1. The lowest BCUT2D eigenvalue weighted by Gasteiger charge is -2.22. The number of likely N-dealkylation sites (tertiary alicyclic amines) is 1. The summed E-state index contributed by atoms with van der Waals surface area (Å²) >= 11 is 2.13. The summed E-state index contributed by atoms with van der Waals surface area (Å²) in [5.74, 6) is -2.52. The minimum atomic E-state index is -0.980. The first-order valence-corrected chi connectivity index (χ1v) is 16.8. The second-order valence-electron chi connectivity index (χ2n) is 9.31. The van der Waals surface area contributed by atoms with Gasteiger partial charge >= 0.3 is 0 Å². The lowest BCUT2D eigenvalue weighted by molar-refractivity contribution is -0.139. The molecule has 2 heterocycles. The van der Waals surface area contributed by atoms with Gasteiger partial charge in [0.2, 0.25) is 23.6 Å². The van der Waals surface area contributed by atoms with Gasteiger partial charge in [0, 0.05) is 24.2 Å². The van der Waals surface area contributed by atoms with Gasteiger partial charge in [-0.3, -0.25) is 34.3 Å². The van der Waals surface area contributed by atoms with E-state index in [9.17, 15) is 19.2 Å². The molecule has 4 amide bonds. The Hall–Kier alpha value is -2.56. The number of amides is 4. The second-order valence-corrected chi connectivity index (χ2v) is 14.1. The zero-order chi connectivity index (χ0) is 27.4. The van der Waals surface area contributed by atoms with Crippen molar-refractivity contribution in [2.45, 2.75) is 26.7 Å². The second kappa shape index (κ2) is 12.5. The molecule has 196 valence electrons. The minimum absolute atomic E-state index is 0.00526. The first kappa shape index (κ1) is 28.5. The Labute approximate surface area is 238 Å². The van der Waals surface area contributed by atoms with E-state index in [1.807, 2.05) is 49.4 Å². The zero-order valence-corrected chi connectivity index (χ0v) is 24.4. The van der Waals surface area contributed by atoms with Crippen LogP contribution in [-0.2, 0) is 19.2 Å². The van der Waals surface area contributed by atoms with E-state index in [1.165, 1.54) is 9.80 Å². The van der Waals surface area contributed by atoms with Crippen LogP contribution in [0.15, 0.2) is 65.7 Å². The van der Waals surface area contributed by atoms with E-state index in [-0.39, 0.29) is 43.1 Å². The lowest BCUT2D eigenvalue weighted by Crippen LogP contribution is -2.39. The van der Waals surface area contributed by atoms with E-state index < -0.39 is 17.3 Å². The predicted octanol–water partition coefficient (Wildman–Crippen LogP) is 4.48. The van der Waals surface area contributed by atoms with Crippen molar-refractivity contribution < 1.29 is 19.2 Å². The van der Waals surface area contributed by atoms with Crippen molar-refractivity contribution >= 4 is 75.7 Å². The number of benzene rings is 2. The van der Waals surface area contributed by atoms with Crippen LogP contribution in [-0.4, -0.2) is 55.5 Å². The van der Waals surface area contributed by atoms with Gasteiger partial charge in [0.15, 0.2) is 0 Å². The van der Waals surface area contributed by atoms with E-state index in [1.54, 1.807) is 19.1 Å². The molecule has 2 fully saturated rings. The maximum atomic E-state index is 13.6. The molecule has 2 aromatic rings. The topological polar surface area (TPSA) is 98.8 Å². The zero-order valence-electron chi connectivity index (χ0n) is 21.3. The van der Waals surface area contributed by atoms with E-state index in [0.29, 0.717) is 29.5 Å². The lowest BCUT2D eigenvalue weighted by atomic mass is 9.87. The summed E-state index contributed by atoms with van der Waals surface area (Å²) in [6.07, 6.45) is 0.466. The number of imide groups is 2. The maximum absolute atomic E-state index is 13.6. The number of carbonyl (C=O) groups is 4. The third-order valence-corrected chi connectivity index (χ3v) is 8.54. The van der Waals surface area contributed by atoms with Crippen molar-refractivity contribution in [3.8, 4) is 0 Å². The van der Waals surface area contributed by atoms with E-state index in [2.05, 4.69) is 32.7 Å². The molecule has 2 aromatic carbocycles. The van der Waals surface area contributed by atoms with Gasteiger partial charge in [-0.25, -0.2) is 0 Å². The molecule has 2 saturated heterocycles. The summed E-state index contributed by atoms with van der Waals surface area (Å²) in [5, 5.41) is 6.31. The van der Waals surface area contributed by atoms with Crippen molar-refractivity contribution in [2.75, 3.05) is 29.6 Å². The summed E-state index contributed by atoms with van der Waals surface area (Å²) in [7, 11) is 6.19. The van der Waals surface area contributed by atoms with E-state index in [0.717, 1.165) is 11.4 Å². The Balaban J connectivity index is 1.57. The van der Waals surface area contributed by atoms with Crippen molar-refractivity contribution in [1.29, 1.82) is 0 Å². The van der Waals surface area contributed by atoms with Crippen LogP contribution in [0.25, 0.3) is 0 Å². The molecular formula is C27H29BIN4O4P. The van der Waals surface area contributed by atoms with Crippen LogP contribution in [0.2, 0.25) is 0 Å². The molecule has 0 aliphatic carbocycles. The summed E-state index contributed by atoms with van der Waals surface area (Å²) < 4.78 is 0. The molecule has 3 atom stereocenters. The highest BCUT2D eigenvalue weighted by atomic mass is 127. The van der Waals surface area contributed by atoms with Crippen LogP contribution in [0.5, 0.6) is 0 Å². The van der Waals surface area contributed by atoms with E-state index in [4.69, 9.17) is 7.57 Å². The molecule has 11 heteroatoms. The van der Waals surface area contributed by atoms with Gasteiger partial charge in [-0.05, 0) is 56.0 Å². The molecule has 8 nitrogen and oxygen atoms in total. The third-order valence-electron chi connectivity index (χ3n) is 6.87. The quantitative estimate of drug-likeness (QED) is 0.131. The van der Waals surface area contributed by atoms with Crippen LogP contribution in [0, 0.1) is 11.8 Å². The van der Waals surface area contributed by atoms with Crippen molar-refractivity contribution in [2.24, 2.45) is 11.8 Å². The molecule has 38 heavy (non-hydrogen) atoms. The normalized spacial score (nSPS) is 21.2. The van der Waals surface area contributed by atoms with Crippen LogP contribution in [0.4, 0.5) is 17.1 Å². The summed E-state index contributed by atoms with van der Waals surface area (Å²) in [5.41, 5.74) is 2.65. The highest BCUT2D eigenvalue weighted by Crippen LogP contribution is 2.46. The SMILES string of the molecule is [B]P(I)C/C(=C(\C)C1CC(=O)N(CNCC)C1=O)C1CC(=O)N(c2ccc(Nc3ccccc3)cc2)C1=O. The summed E-state index contributed by atoms with van der Waals surface area (Å²) in [4.78, 5) is 54.8. The Morgan fingerprint density at radius 3 is 2.21 bits per heavy atom. The van der Waals surface area contributed by atoms with Gasteiger partial charge in [-0.2, -0.15) is 0 Å². The van der Waals surface area contributed by atoms with Crippen LogP contribution < -0.4 is 15.5 Å². The molecule has 3 unspecified atom stereocenters. The molecule has 4 rings (SSSR count). The molecule has 2 aliphatic heterocycles. The average Bonchev–Trinajstić information content (AvgIpc) is 3.35. The van der Waals surface area contributed by atoms with Crippen LogP contribution in [0.1, 0.15) is 26.7 Å². The van der Waals surface area contributed by atoms with Gasteiger partial charge in [0.25, 0.3) is 0 Å². The predicted molar refractivity (Wildman–Crippen MR) is 160 cm³/mol. The number of nitrogens with one attached hydrogen (secondary N) is 2. The Kier molecular flexibility index (Phi) is 9.38. The molecule has 0 bridgehead atoms. The van der Waals surface area contributed by atoms with Gasteiger partial charge in [-0.1, -0.05) is 63.8 Å². The van der Waals surface area contributed by atoms with E-state index >= 15 is 0 Å². The van der Waals surface area contributed by atoms with Crippen molar-refractivity contribution in [3.05, 3.63) is 65.7 Å². The van der Waals surface area contributed by atoms with Crippen molar-refractivity contribution in [3.63, 3.8) is 0 Å². The Bertz CT molecular complexity index is 1260. The smallest absolute Gasteiger partial charge is 0.241 e. The monoisotopic (exact) mass is 642 g/mol. The first-order chi connectivity index (χ1) is 18.2. The first-order valence-electron chi connectivity index (χ1n) is 12.4. The van der Waals surface area contributed by atoms with Gasteiger partial charge in [-0.15, -0.1) is 0 Å². The fourth-order valence-electron chi connectivity index (χ4n) is 4.86. The van der Waals surface area contributed by atoms with Gasteiger partial charge in [0.05, 0.1) is 24.2 Å². The maximum Gasteiger partial charge on any atom is 0.241 e. The molecular weight excluding hydrogens is 613 g/mol. The number of hydrogen-bond donors (Lipinski definition) is 2. The van der Waals surface area contributed by atoms with Gasteiger partial charge in [0.1, 0.15) is 7.57 Å². The number of anilines is 3. The third kappa shape index (κ3) is 6.19. The highest BCUT2D eigenvalue weighted by Gasteiger charge is 2.45. The van der Waals surface area contributed by atoms with Crippen LogP contribution in [0.3, 0.4) is 0 Å². The Morgan fingerprint density at radius 2 is 1.58 bits per heavy atom. The number of halogens is 1. The van der Waals surface area contributed by atoms with Crippen molar-refractivity contribution in [1.82, 2.24) is 10.2 Å². The molecule has 0 spiro atoms. The van der Waals surface area contributed by atoms with Gasteiger partial charge < -0.3 is 5.32 Å². The summed E-state index contributed by atoms with van der Waals surface area (Å²) in [6, 6.07) is 16.8. The standard InChI is InChI=1S/C27H29BIN4O4P/c1-3-30-16-32-24(34)13-21(26(32)36)17(2)23(15-38(28)29)22-14-25(35)33(27(22)37)20-11-9-19(10-12-20)31-18-7-5-4-6-8-18/h4-12,21-22,30-31H,3,13-16H2,1-2H3/b23-17-. The number of nitrogens with zero attached hydrogens (tertiary/aromatic N) is 2. The average molecular weight is 642 g/mol. The largest absolute Gasteiger partial charge is 0.356 e. The summed E-state index contributed by atoms with van der Waals surface area (Å²) in [6.45, 7) is 4.48. The highest BCUT2D eigenvalue weighted by molar-refractivity contribution is 14.2. The fourth-order valence-corrected chi connectivity index (χ4v) is 6.76. The molecule has 0 saturated carbocycles. The molecule has 2 N–H and O–H groups in total. The molecule has 2 radical (unpaired) electrons. The number of rotatable bonds is 10. The minimum Gasteiger partial charge on any atom is -0.356 e. The molecule has 2 aliphatic rings. The van der Waals surface area contributed by atoms with Crippen LogP contribution >= 0.6 is 27.5 Å². The Morgan fingerprint density at radius 1 is 0.947 bits per heavy atom. The fraction of sp³-hybridized carbons (Fsp3) is 0.333. The number of hydrogen-bond acceptors (Lipinski definition) is 6.